The van der Waals surface area contributed by atoms with Crippen molar-refractivity contribution < 1.29 is 0 Å². The average Bonchev–Trinajstić information content (AvgIpc) is 2.41. The fraction of sp³-hybridized carbons (Fsp3) is 0.611. The number of nitrogens with zero attached hydrogens (tertiary/aromatic N) is 2. The summed E-state index contributed by atoms with van der Waals surface area (Å²) in [6.45, 7) is 14.7. The minimum Gasteiger partial charge on any atom is -0.368 e. The number of benzene rings is 1. The Bertz CT molecular complexity index is 492. The number of nitrogens with one attached hydrogen (secondary N) is 1. The lowest BCUT2D eigenvalue weighted by Gasteiger charge is -2.30. The van der Waals surface area contributed by atoms with Crippen LogP contribution in [0.4, 0.5) is 5.69 Å². The lowest BCUT2D eigenvalue weighted by Crippen LogP contribution is -2.35. The number of anilines is 1. The van der Waals surface area contributed by atoms with Crippen molar-refractivity contribution in [3.8, 4) is 6.07 Å². The molecule has 0 aliphatic carbocycles. The Balaban J connectivity index is 3.01. The Kier molecular flexibility index (Phi) is 6.23. The number of hydrogen-bond donors (Lipinski definition) is 1. The molecule has 0 bridgehead atoms. The Hall–Kier alpha value is -1.53. The molecule has 0 aliphatic rings. The van der Waals surface area contributed by atoms with Gasteiger partial charge in [0, 0.05) is 24.7 Å². The van der Waals surface area contributed by atoms with Crippen LogP contribution in [0.5, 0.6) is 0 Å². The molecule has 0 heterocycles. The first-order valence-corrected chi connectivity index (χ1v) is 7.83. The zero-order valence-electron chi connectivity index (χ0n) is 14.3. The number of hydrogen-bond acceptors (Lipinski definition) is 3. The van der Waals surface area contributed by atoms with E-state index in [-0.39, 0.29) is 5.54 Å². The lowest BCUT2D eigenvalue weighted by atomic mass is 10.0. The largest absolute Gasteiger partial charge is 0.368 e. The molecule has 0 aromatic heterocycles. The normalized spacial score (nSPS) is 11.5. The highest BCUT2D eigenvalue weighted by atomic mass is 15.1. The molecular weight excluding hydrogens is 258 g/mol. The van der Waals surface area contributed by atoms with Crippen LogP contribution in [0.15, 0.2) is 18.2 Å². The number of rotatable bonds is 6. The molecule has 0 radical (unpaired) electrons. The van der Waals surface area contributed by atoms with Gasteiger partial charge in [-0.25, -0.2) is 0 Å². The second-order valence-electron chi connectivity index (χ2n) is 6.85. The van der Waals surface area contributed by atoms with Gasteiger partial charge in [0.15, 0.2) is 0 Å². The van der Waals surface area contributed by atoms with Gasteiger partial charge in [0.25, 0.3) is 0 Å². The van der Waals surface area contributed by atoms with E-state index in [2.05, 4.69) is 70.0 Å². The van der Waals surface area contributed by atoms with Crippen LogP contribution in [0.3, 0.4) is 0 Å². The van der Waals surface area contributed by atoms with E-state index in [1.807, 2.05) is 6.07 Å². The van der Waals surface area contributed by atoms with E-state index in [0.717, 1.165) is 36.3 Å². The van der Waals surface area contributed by atoms with Gasteiger partial charge in [0.2, 0.25) is 0 Å². The fourth-order valence-electron chi connectivity index (χ4n) is 2.30. The van der Waals surface area contributed by atoms with E-state index in [1.54, 1.807) is 0 Å². The maximum Gasteiger partial charge on any atom is 0.101 e. The maximum atomic E-state index is 9.47. The summed E-state index contributed by atoms with van der Waals surface area (Å²) >= 11 is 0. The van der Waals surface area contributed by atoms with Gasteiger partial charge in [-0.3, -0.25) is 0 Å². The molecule has 3 nitrogen and oxygen atoms in total. The molecule has 1 rings (SSSR count). The summed E-state index contributed by atoms with van der Waals surface area (Å²) in [5.74, 6) is 0. The highest BCUT2D eigenvalue weighted by Crippen LogP contribution is 2.24. The van der Waals surface area contributed by atoms with Crippen molar-refractivity contribution >= 4 is 5.69 Å². The predicted octanol–water partition coefficient (Wildman–Crippen LogP) is 4.07. The van der Waals surface area contributed by atoms with Crippen LogP contribution < -0.4 is 10.2 Å². The van der Waals surface area contributed by atoms with E-state index in [9.17, 15) is 5.26 Å². The third kappa shape index (κ3) is 5.40. The average molecular weight is 287 g/mol. The zero-order valence-corrected chi connectivity index (χ0v) is 14.3. The van der Waals surface area contributed by atoms with Crippen LogP contribution in [-0.4, -0.2) is 18.1 Å². The minimum absolute atomic E-state index is 0.0810. The zero-order chi connectivity index (χ0) is 16.0. The van der Waals surface area contributed by atoms with Crippen molar-refractivity contribution in [2.75, 3.05) is 11.4 Å². The molecule has 0 saturated carbocycles. The van der Waals surface area contributed by atoms with Crippen molar-refractivity contribution in [3.05, 3.63) is 29.3 Å². The third-order valence-electron chi connectivity index (χ3n) is 3.40. The van der Waals surface area contributed by atoms with Gasteiger partial charge in [0.05, 0.1) is 11.3 Å². The van der Waals surface area contributed by atoms with Gasteiger partial charge >= 0.3 is 0 Å². The molecule has 3 heteroatoms. The molecule has 0 spiro atoms. The summed E-state index contributed by atoms with van der Waals surface area (Å²) < 4.78 is 0. The second-order valence-corrected chi connectivity index (χ2v) is 6.85. The third-order valence-corrected chi connectivity index (χ3v) is 3.40. The Morgan fingerprint density at radius 3 is 2.43 bits per heavy atom. The van der Waals surface area contributed by atoms with Crippen molar-refractivity contribution in [1.82, 2.24) is 5.32 Å². The van der Waals surface area contributed by atoms with E-state index in [4.69, 9.17) is 0 Å². The van der Waals surface area contributed by atoms with Crippen molar-refractivity contribution in [2.45, 2.75) is 66.1 Å². The van der Waals surface area contributed by atoms with Gasteiger partial charge in [0.1, 0.15) is 6.07 Å². The first kappa shape index (κ1) is 17.5. The van der Waals surface area contributed by atoms with Crippen LogP contribution >= 0.6 is 0 Å². The summed E-state index contributed by atoms with van der Waals surface area (Å²) in [7, 11) is 0. The first-order chi connectivity index (χ1) is 9.78. The molecule has 0 aliphatic heterocycles. The second kappa shape index (κ2) is 7.47. The van der Waals surface area contributed by atoms with Crippen LogP contribution in [0.2, 0.25) is 0 Å². The summed E-state index contributed by atoms with van der Waals surface area (Å²) in [5.41, 5.74) is 3.06. The topological polar surface area (TPSA) is 39.1 Å². The summed E-state index contributed by atoms with van der Waals surface area (Å²) in [4.78, 5) is 2.31. The molecule has 1 aromatic rings. The predicted molar refractivity (Wildman–Crippen MR) is 90.5 cm³/mol. The van der Waals surface area contributed by atoms with Crippen LogP contribution in [0.1, 0.15) is 59.1 Å². The van der Waals surface area contributed by atoms with Gasteiger partial charge in [-0.05, 0) is 58.7 Å². The van der Waals surface area contributed by atoms with Gasteiger partial charge in [-0.15, -0.1) is 0 Å². The van der Waals surface area contributed by atoms with Crippen molar-refractivity contribution in [1.29, 1.82) is 5.26 Å². The van der Waals surface area contributed by atoms with Gasteiger partial charge < -0.3 is 10.2 Å². The number of nitriles is 1. The van der Waals surface area contributed by atoms with Crippen LogP contribution in [0.25, 0.3) is 0 Å². The molecular formula is C18H29N3. The van der Waals surface area contributed by atoms with Crippen LogP contribution in [0, 0.1) is 11.3 Å². The van der Waals surface area contributed by atoms with E-state index < -0.39 is 0 Å². The monoisotopic (exact) mass is 287 g/mol. The maximum absolute atomic E-state index is 9.47. The summed E-state index contributed by atoms with van der Waals surface area (Å²) in [6, 6.07) is 8.99. The molecule has 1 aromatic carbocycles. The Morgan fingerprint density at radius 1 is 1.29 bits per heavy atom. The molecule has 0 atom stereocenters. The Labute approximate surface area is 130 Å². The van der Waals surface area contributed by atoms with Gasteiger partial charge in [-0.2, -0.15) is 5.26 Å². The molecule has 0 saturated heterocycles. The van der Waals surface area contributed by atoms with Crippen molar-refractivity contribution in [2.24, 2.45) is 0 Å². The quantitative estimate of drug-likeness (QED) is 0.857. The minimum atomic E-state index is 0.0810. The van der Waals surface area contributed by atoms with E-state index in [0.29, 0.717) is 6.04 Å². The van der Waals surface area contributed by atoms with Gasteiger partial charge in [-0.1, -0.05) is 13.0 Å². The summed E-state index contributed by atoms with van der Waals surface area (Å²) in [5, 5.41) is 12.9. The van der Waals surface area contributed by atoms with Crippen molar-refractivity contribution in [3.63, 3.8) is 0 Å². The molecule has 116 valence electrons. The lowest BCUT2D eigenvalue weighted by molar-refractivity contribution is 0.424. The Morgan fingerprint density at radius 2 is 1.95 bits per heavy atom. The summed E-state index contributed by atoms with van der Waals surface area (Å²) in [6.07, 6.45) is 1.08. The van der Waals surface area contributed by atoms with Crippen LogP contribution in [-0.2, 0) is 6.54 Å². The highest BCUT2D eigenvalue weighted by Gasteiger charge is 2.15. The molecule has 0 unspecified atom stereocenters. The standard InChI is InChI=1S/C18H29N3/c1-7-10-21(14(2)3)17-9-8-15(11-16(17)12-19)13-20-18(4,5)6/h8-9,11,14,20H,7,10,13H2,1-6H3. The van der Waals surface area contributed by atoms with E-state index >= 15 is 0 Å². The molecule has 1 N–H and O–H groups in total. The fourth-order valence-corrected chi connectivity index (χ4v) is 2.30. The SMILES string of the molecule is CCCN(c1ccc(CNC(C)(C)C)cc1C#N)C(C)C. The molecule has 0 amide bonds. The highest BCUT2D eigenvalue weighted by molar-refractivity contribution is 5.61. The molecule has 0 fully saturated rings. The van der Waals surface area contributed by atoms with E-state index in [1.165, 1.54) is 0 Å². The molecule has 21 heavy (non-hydrogen) atoms. The first-order valence-electron chi connectivity index (χ1n) is 7.83. The smallest absolute Gasteiger partial charge is 0.101 e.